The topological polar surface area (TPSA) is 39.0 Å². The monoisotopic (exact) mass is 377 g/mol. The van der Waals surface area contributed by atoms with Crippen molar-refractivity contribution in [3.05, 3.63) is 67.6 Å². The van der Waals surface area contributed by atoms with Crippen molar-refractivity contribution < 1.29 is 4.39 Å². The fraction of sp³-hybridized carbons (Fsp3) is 0.333. The van der Waals surface area contributed by atoms with E-state index in [0.29, 0.717) is 4.64 Å². The van der Waals surface area contributed by atoms with Gasteiger partial charge in [-0.3, -0.25) is 9.13 Å². The second-order valence-electron chi connectivity index (χ2n) is 6.03. The number of allylic oxidation sites excluding steroid dienone is 1. The molecule has 132 valence electrons. The van der Waals surface area contributed by atoms with Gasteiger partial charge in [0, 0.05) is 25.5 Å². The van der Waals surface area contributed by atoms with Crippen LogP contribution < -0.4 is 11.0 Å². The third-order valence-electron chi connectivity index (χ3n) is 4.29. The summed E-state index contributed by atoms with van der Waals surface area (Å²) in [5.74, 6) is 0.508. The zero-order valence-corrected chi connectivity index (χ0v) is 15.8. The number of aromatic nitrogens is 2. The minimum atomic E-state index is -0.227. The van der Waals surface area contributed by atoms with Crippen LogP contribution in [0.15, 0.2) is 40.2 Å². The smallest absolute Gasteiger partial charge is 0.328 e. The third-order valence-corrected chi connectivity index (χ3v) is 5.82. The van der Waals surface area contributed by atoms with Crippen LogP contribution in [0.25, 0.3) is 0 Å². The van der Waals surface area contributed by atoms with E-state index in [4.69, 9.17) is 12.2 Å². The van der Waals surface area contributed by atoms with Crippen molar-refractivity contribution in [3.8, 4) is 0 Å². The second-order valence-corrected chi connectivity index (χ2v) is 7.43. The lowest BCUT2D eigenvalue weighted by Crippen LogP contribution is -2.31. The molecular weight excluding hydrogens is 357 g/mol. The lowest BCUT2D eigenvalue weighted by molar-refractivity contribution is 0.627. The summed E-state index contributed by atoms with van der Waals surface area (Å²) in [6, 6.07) is 6.54. The average Bonchev–Trinajstić information content (AvgIpc) is 2.59. The van der Waals surface area contributed by atoms with E-state index in [1.807, 2.05) is 0 Å². The summed E-state index contributed by atoms with van der Waals surface area (Å²) in [6.45, 7) is 0. The Kier molecular flexibility index (Phi) is 5.44. The number of benzene rings is 1. The predicted octanol–water partition coefficient (Wildman–Crippen LogP) is 4.12. The molecule has 1 aliphatic rings. The van der Waals surface area contributed by atoms with Crippen molar-refractivity contribution in [1.29, 1.82) is 0 Å². The minimum absolute atomic E-state index is 0.101. The number of hydrogen-bond acceptors (Lipinski definition) is 4. The molecule has 0 aliphatic carbocycles. The van der Waals surface area contributed by atoms with Crippen molar-refractivity contribution >= 4 is 29.7 Å². The number of halogens is 1. The summed E-state index contributed by atoms with van der Waals surface area (Å²) in [5.41, 5.74) is 2.73. The van der Waals surface area contributed by atoms with Crippen molar-refractivity contribution in [1.82, 2.24) is 9.13 Å². The Labute approximate surface area is 155 Å². The van der Waals surface area contributed by atoms with Gasteiger partial charge >= 0.3 is 5.69 Å². The molecule has 0 unspecified atom stereocenters. The van der Waals surface area contributed by atoms with Crippen LogP contribution in [0, 0.1) is 10.5 Å². The van der Waals surface area contributed by atoms with Crippen LogP contribution in [-0.2, 0) is 26.3 Å². The van der Waals surface area contributed by atoms with E-state index in [0.717, 1.165) is 47.0 Å². The Morgan fingerprint density at radius 3 is 2.68 bits per heavy atom. The molecule has 2 heterocycles. The van der Waals surface area contributed by atoms with E-state index in [-0.39, 0.29) is 11.5 Å². The van der Waals surface area contributed by atoms with E-state index in [1.165, 1.54) is 16.7 Å². The SMILES string of the molecule is Cn1c2c(c(=S)n(C)c1=O)N/C(SCc1ccc(F)cc1)=C/CCC2. The first-order valence-electron chi connectivity index (χ1n) is 8.10. The molecule has 4 nitrogen and oxygen atoms in total. The summed E-state index contributed by atoms with van der Waals surface area (Å²) >= 11 is 7.14. The summed E-state index contributed by atoms with van der Waals surface area (Å²) < 4.78 is 16.7. The van der Waals surface area contributed by atoms with Crippen LogP contribution in [0.1, 0.15) is 24.1 Å². The van der Waals surface area contributed by atoms with Crippen molar-refractivity contribution in [2.75, 3.05) is 5.32 Å². The Bertz CT molecular complexity index is 929. The van der Waals surface area contributed by atoms with Crippen LogP contribution in [0.3, 0.4) is 0 Å². The second kappa shape index (κ2) is 7.58. The molecule has 1 aromatic heterocycles. The maximum atomic E-state index is 13.0. The highest BCUT2D eigenvalue weighted by molar-refractivity contribution is 8.02. The van der Waals surface area contributed by atoms with Gasteiger partial charge in [0.05, 0.1) is 10.7 Å². The van der Waals surface area contributed by atoms with Crippen molar-refractivity contribution in [3.63, 3.8) is 0 Å². The largest absolute Gasteiger partial charge is 0.347 e. The number of nitrogens with one attached hydrogen (secondary N) is 1. The lowest BCUT2D eigenvalue weighted by atomic mass is 10.1. The summed E-state index contributed by atoms with van der Waals surface area (Å²) in [5, 5.41) is 4.43. The van der Waals surface area contributed by atoms with Crippen LogP contribution in [0.2, 0.25) is 0 Å². The summed E-state index contributed by atoms with van der Waals surface area (Å²) in [7, 11) is 3.48. The normalized spacial score (nSPS) is 16.2. The highest BCUT2D eigenvalue weighted by atomic mass is 32.2. The highest BCUT2D eigenvalue weighted by Crippen LogP contribution is 2.29. The molecule has 1 aliphatic heterocycles. The van der Waals surface area contributed by atoms with Gasteiger partial charge in [-0.2, -0.15) is 0 Å². The first-order valence-corrected chi connectivity index (χ1v) is 9.50. The van der Waals surface area contributed by atoms with E-state index in [1.54, 1.807) is 42.6 Å². The molecule has 7 heteroatoms. The maximum Gasteiger partial charge on any atom is 0.328 e. The van der Waals surface area contributed by atoms with Gasteiger partial charge < -0.3 is 5.32 Å². The molecule has 1 aromatic carbocycles. The van der Waals surface area contributed by atoms with E-state index >= 15 is 0 Å². The minimum Gasteiger partial charge on any atom is -0.347 e. The molecule has 3 rings (SSSR count). The van der Waals surface area contributed by atoms with Gasteiger partial charge in [0.2, 0.25) is 0 Å². The molecule has 1 N–H and O–H groups in total. The molecular formula is C18H20FN3OS2. The zero-order chi connectivity index (χ0) is 18.0. The molecule has 0 spiro atoms. The Morgan fingerprint density at radius 2 is 1.96 bits per heavy atom. The predicted molar refractivity (Wildman–Crippen MR) is 104 cm³/mol. The fourth-order valence-electron chi connectivity index (χ4n) is 2.82. The first-order chi connectivity index (χ1) is 12.0. The summed E-state index contributed by atoms with van der Waals surface area (Å²) in [6.07, 6.45) is 4.87. The van der Waals surface area contributed by atoms with Crippen LogP contribution >= 0.6 is 24.0 Å². The Hall–Kier alpha value is -1.86. The highest BCUT2D eigenvalue weighted by Gasteiger charge is 2.16. The first kappa shape index (κ1) is 17.9. The quantitative estimate of drug-likeness (QED) is 0.817. The Morgan fingerprint density at radius 1 is 1.24 bits per heavy atom. The van der Waals surface area contributed by atoms with Crippen molar-refractivity contribution in [2.24, 2.45) is 14.1 Å². The van der Waals surface area contributed by atoms with Crippen molar-refractivity contribution in [2.45, 2.75) is 25.0 Å². The number of thioether (sulfide) groups is 1. The zero-order valence-electron chi connectivity index (χ0n) is 14.2. The van der Waals surface area contributed by atoms with Gasteiger partial charge in [-0.1, -0.05) is 30.4 Å². The standard InChI is InChI=1S/C18H20FN3OS2/c1-21-14-5-3-4-6-15(20-16(14)17(24)22(2)18(21)23)25-11-12-7-9-13(19)10-8-12/h6-10,20H,3-5,11H2,1-2H3/b15-6-. The van der Waals surface area contributed by atoms with Gasteiger partial charge in [0.25, 0.3) is 0 Å². The van der Waals surface area contributed by atoms with Gasteiger partial charge in [-0.25, -0.2) is 9.18 Å². The molecule has 0 amide bonds. The average molecular weight is 378 g/mol. The molecule has 0 saturated carbocycles. The maximum absolute atomic E-state index is 13.0. The number of hydrogen-bond donors (Lipinski definition) is 1. The van der Waals surface area contributed by atoms with E-state index < -0.39 is 0 Å². The number of nitrogens with zero attached hydrogens (tertiary/aromatic N) is 2. The fourth-order valence-corrected chi connectivity index (χ4v) is 3.99. The van der Waals surface area contributed by atoms with Gasteiger partial charge in [0.1, 0.15) is 10.5 Å². The molecule has 2 aromatic rings. The van der Waals surface area contributed by atoms with E-state index in [9.17, 15) is 9.18 Å². The number of anilines is 1. The molecule has 25 heavy (non-hydrogen) atoms. The molecule has 0 bridgehead atoms. The Balaban J connectivity index is 1.87. The van der Waals surface area contributed by atoms with Crippen LogP contribution in [0.4, 0.5) is 10.1 Å². The van der Waals surface area contributed by atoms with Crippen LogP contribution in [0.5, 0.6) is 0 Å². The van der Waals surface area contributed by atoms with Gasteiger partial charge in [0.15, 0.2) is 0 Å². The number of fused-ring (bicyclic) bond motifs is 1. The van der Waals surface area contributed by atoms with Gasteiger partial charge in [-0.05, 0) is 37.0 Å². The van der Waals surface area contributed by atoms with E-state index in [2.05, 4.69) is 11.4 Å². The van der Waals surface area contributed by atoms with Gasteiger partial charge in [-0.15, -0.1) is 11.8 Å². The third kappa shape index (κ3) is 3.88. The molecule has 0 atom stereocenters. The van der Waals surface area contributed by atoms with Crippen LogP contribution in [-0.4, -0.2) is 9.13 Å². The number of rotatable bonds is 3. The molecule has 0 saturated heterocycles. The molecule has 0 fully saturated rings. The summed E-state index contributed by atoms with van der Waals surface area (Å²) in [4.78, 5) is 12.3. The lowest BCUT2D eigenvalue weighted by Gasteiger charge is -2.21. The molecule has 0 radical (unpaired) electrons.